The van der Waals surface area contributed by atoms with Crippen LogP contribution in [0.5, 0.6) is 0 Å². The van der Waals surface area contributed by atoms with Crippen LogP contribution in [0.25, 0.3) is 0 Å². The molecule has 0 aliphatic carbocycles. The number of hydrogen-bond acceptors (Lipinski definition) is 1. The first kappa shape index (κ1) is 12.5. The number of rotatable bonds is 5. The van der Waals surface area contributed by atoms with Gasteiger partial charge in [0.05, 0.1) is 0 Å². The smallest absolute Gasteiger partial charge is 0.0176 e. The first-order valence-electron chi connectivity index (χ1n) is 5.25. The van der Waals surface area contributed by atoms with Crippen molar-refractivity contribution in [2.45, 2.75) is 47.0 Å². The fraction of sp³-hybridized carbons (Fsp3) is 0.833. The van der Waals surface area contributed by atoms with E-state index in [-0.39, 0.29) is 0 Å². The molecule has 0 aliphatic rings. The van der Waals surface area contributed by atoms with Crippen molar-refractivity contribution in [1.29, 1.82) is 0 Å². The maximum Gasteiger partial charge on any atom is 0.0176 e. The number of allylic oxidation sites excluding steroid dienone is 1. The Hall–Kier alpha value is -0.460. The zero-order chi connectivity index (χ0) is 10.5. The van der Waals surface area contributed by atoms with Gasteiger partial charge in [-0.2, -0.15) is 0 Å². The minimum atomic E-state index is 0.431. The lowest BCUT2D eigenvalue weighted by Crippen LogP contribution is -2.22. The Kier molecular flexibility index (Phi) is 5.12. The fourth-order valence-corrected chi connectivity index (χ4v) is 1.14. The monoisotopic (exact) mass is 183 g/mol. The lowest BCUT2D eigenvalue weighted by Gasteiger charge is -2.26. The predicted octanol–water partition coefficient (Wildman–Crippen LogP) is 3.67. The van der Waals surface area contributed by atoms with Gasteiger partial charge in [-0.25, -0.2) is 0 Å². The average molecular weight is 183 g/mol. The summed E-state index contributed by atoms with van der Waals surface area (Å²) in [4.78, 5) is 2.29. The van der Waals surface area contributed by atoms with Crippen molar-refractivity contribution in [3.8, 4) is 0 Å². The maximum atomic E-state index is 4.07. The van der Waals surface area contributed by atoms with Crippen LogP contribution in [0.3, 0.4) is 0 Å². The molecule has 0 aliphatic heterocycles. The molecule has 0 fully saturated rings. The van der Waals surface area contributed by atoms with Gasteiger partial charge in [-0.1, -0.05) is 40.7 Å². The van der Waals surface area contributed by atoms with Crippen molar-refractivity contribution in [2.75, 3.05) is 13.6 Å². The van der Waals surface area contributed by atoms with Crippen LogP contribution in [0.4, 0.5) is 0 Å². The van der Waals surface area contributed by atoms with E-state index in [0.717, 1.165) is 13.0 Å². The van der Waals surface area contributed by atoms with E-state index < -0.39 is 0 Å². The second kappa shape index (κ2) is 5.31. The highest BCUT2D eigenvalue weighted by Gasteiger charge is 2.11. The molecule has 0 amide bonds. The first-order chi connectivity index (χ1) is 5.87. The van der Waals surface area contributed by atoms with Gasteiger partial charge in [-0.3, -0.25) is 0 Å². The summed E-state index contributed by atoms with van der Waals surface area (Å²) in [5, 5.41) is 0. The molecule has 0 unspecified atom stereocenters. The minimum absolute atomic E-state index is 0.431. The molecule has 0 aromatic carbocycles. The molecular formula is C12H25N. The molecule has 0 saturated carbocycles. The van der Waals surface area contributed by atoms with Crippen molar-refractivity contribution in [3.63, 3.8) is 0 Å². The Morgan fingerprint density at radius 1 is 1.31 bits per heavy atom. The van der Waals surface area contributed by atoms with E-state index >= 15 is 0 Å². The summed E-state index contributed by atoms with van der Waals surface area (Å²) < 4.78 is 0. The molecule has 0 saturated heterocycles. The van der Waals surface area contributed by atoms with Gasteiger partial charge >= 0.3 is 0 Å². The van der Waals surface area contributed by atoms with Gasteiger partial charge in [-0.05, 0) is 18.3 Å². The third-order valence-corrected chi connectivity index (χ3v) is 2.28. The highest BCUT2D eigenvalue weighted by molar-refractivity contribution is 4.91. The van der Waals surface area contributed by atoms with Crippen molar-refractivity contribution in [3.05, 3.63) is 12.3 Å². The zero-order valence-electron chi connectivity index (χ0n) is 9.98. The summed E-state index contributed by atoms with van der Waals surface area (Å²) in [6.07, 6.45) is 3.55. The topological polar surface area (TPSA) is 3.24 Å². The van der Waals surface area contributed by atoms with Crippen LogP contribution in [-0.2, 0) is 0 Å². The van der Waals surface area contributed by atoms with E-state index in [4.69, 9.17) is 0 Å². The predicted molar refractivity (Wildman–Crippen MR) is 60.8 cm³/mol. The Labute approximate surface area is 83.8 Å². The second-order valence-corrected chi connectivity index (χ2v) is 5.05. The van der Waals surface area contributed by atoms with Gasteiger partial charge in [0.2, 0.25) is 0 Å². The summed E-state index contributed by atoms with van der Waals surface area (Å²) in [5.41, 5.74) is 1.70. The van der Waals surface area contributed by atoms with E-state index in [9.17, 15) is 0 Å². The molecule has 0 atom stereocenters. The Balaban J connectivity index is 3.74. The van der Waals surface area contributed by atoms with Gasteiger partial charge in [0.25, 0.3) is 0 Å². The van der Waals surface area contributed by atoms with E-state index in [1.165, 1.54) is 18.5 Å². The number of hydrogen-bond donors (Lipinski definition) is 0. The van der Waals surface area contributed by atoms with Crippen LogP contribution >= 0.6 is 0 Å². The van der Waals surface area contributed by atoms with Crippen LogP contribution in [-0.4, -0.2) is 18.5 Å². The minimum Gasteiger partial charge on any atom is -0.378 e. The van der Waals surface area contributed by atoms with Crippen LogP contribution in [0.1, 0.15) is 47.0 Å². The van der Waals surface area contributed by atoms with Crippen molar-refractivity contribution in [2.24, 2.45) is 5.41 Å². The molecule has 1 heteroatoms. The van der Waals surface area contributed by atoms with E-state index in [0.29, 0.717) is 5.41 Å². The standard InChI is InChI=1S/C12H25N/c1-7-8-11(2)13(6)10-9-12(3,4)5/h2,7-10H2,1,3-6H3. The number of nitrogens with zero attached hydrogens (tertiary/aromatic N) is 1. The van der Waals surface area contributed by atoms with Crippen molar-refractivity contribution >= 4 is 0 Å². The van der Waals surface area contributed by atoms with Gasteiger partial charge in [0, 0.05) is 19.3 Å². The molecule has 0 bridgehead atoms. The average Bonchev–Trinajstić information content (AvgIpc) is 1.99. The van der Waals surface area contributed by atoms with Crippen LogP contribution in [0.15, 0.2) is 12.3 Å². The molecule has 1 nitrogen and oxygen atoms in total. The Morgan fingerprint density at radius 3 is 2.23 bits per heavy atom. The molecule has 78 valence electrons. The molecule has 0 aromatic rings. The summed E-state index contributed by atoms with van der Waals surface area (Å²) in [7, 11) is 2.14. The molecule has 0 N–H and O–H groups in total. The summed E-state index contributed by atoms with van der Waals surface area (Å²) >= 11 is 0. The zero-order valence-corrected chi connectivity index (χ0v) is 9.98. The Bertz CT molecular complexity index is 153. The Morgan fingerprint density at radius 2 is 1.85 bits per heavy atom. The van der Waals surface area contributed by atoms with E-state index in [1.807, 2.05) is 0 Å². The molecular weight excluding hydrogens is 158 g/mol. The molecule has 0 radical (unpaired) electrons. The van der Waals surface area contributed by atoms with Gasteiger partial charge in [0.1, 0.15) is 0 Å². The third kappa shape index (κ3) is 6.68. The lowest BCUT2D eigenvalue weighted by molar-refractivity contribution is 0.297. The highest BCUT2D eigenvalue weighted by Crippen LogP contribution is 2.19. The molecule has 0 aromatic heterocycles. The van der Waals surface area contributed by atoms with Crippen molar-refractivity contribution in [1.82, 2.24) is 4.90 Å². The largest absolute Gasteiger partial charge is 0.378 e. The SMILES string of the molecule is C=C(CCC)N(C)CCC(C)(C)C. The fourth-order valence-electron chi connectivity index (χ4n) is 1.14. The third-order valence-electron chi connectivity index (χ3n) is 2.28. The summed E-state index contributed by atoms with van der Waals surface area (Å²) in [6.45, 7) is 14.2. The van der Waals surface area contributed by atoms with Gasteiger partial charge in [-0.15, -0.1) is 0 Å². The molecule has 13 heavy (non-hydrogen) atoms. The normalized spacial score (nSPS) is 11.5. The van der Waals surface area contributed by atoms with Crippen molar-refractivity contribution < 1.29 is 0 Å². The highest BCUT2D eigenvalue weighted by atomic mass is 15.1. The van der Waals surface area contributed by atoms with E-state index in [1.54, 1.807) is 0 Å². The first-order valence-corrected chi connectivity index (χ1v) is 5.25. The summed E-state index contributed by atoms with van der Waals surface area (Å²) in [6, 6.07) is 0. The molecule has 0 spiro atoms. The quantitative estimate of drug-likeness (QED) is 0.628. The van der Waals surface area contributed by atoms with E-state index in [2.05, 4.69) is 46.2 Å². The van der Waals surface area contributed by atoms with Crippen LogP contribution in [0.2, 0.25) is 0 Å². The van der Waals surface area contributed by atoms with Crippen LogP contribution in [0, 0.1) is 5.41 Å². The molecule has 0 heterocycles. The molecule has 0 rings (SSSR count). The maximum absolute atomic E-state index is 4.07. The van der Waals surface area contributed by atoms with Gasteiger partial charge < -0.3 is 4.90 Å². The lowest BCUT2D eigenvalue weighted by atomic mass is 9.92. The second-order valence-electron chi connectivity index (χ2n) is 5.05. The van der Waals surface area contributed by atoms with Crippen LogP contribution < -0.4 is 0 Å². The van der Waals surface area contributed by atoms with Gasteiger partial charge in [0.15, 0.2) is 0 Å². The summed E-state index contributed by atoms with van der Waals surface area (Å²) in [5.74, 6) is 0.